The van der Waals surface area contributed by atoms with Crippen LogP contribution in [0.15, 0.2) is 70.3 Å². The van der Waals surface area contributed by atoms with Gasteiger partial charge in [-0.3, -0.25) is 9.59 Å². The lowest BCUT2D eigenvalue weighted by atomic mass is 10.2. The van der Waals surface area contributed by atoms with Crippen LogP contribution in [0, 0.1) is 0 Å². The molecule has 0 aliphatic carbocycles. The van der Waals surface area contributed by atoms with E-state index >= 15 is 0 Å². The van der Waals surface area contributed by atoms with E-state index in [0.717, 1.165) is 16.9 Å². The van der Waals surface area contributed by atoms with Gasteiger partial charge in [-0.05, 0) is 35.4 Å². The Morgan fingerprint density at radius 3 is 2.04 bits per heavy atom. The van der Waals surface area contributed by atoms with E-state index in [9.17, 15) is 9.59 Å². The zero-order chi connectivity index (χ0) is 20.1. The van der Waals surface area contributed by atoms with Crippen LogP contribution in [0.4, 0.5) is 0 Å². The molecule has 0 atom stereocenters. The molecule has 1 heterocycles. The van der Waals surface area contributed by atoms with Crippen LogP contribution in [0.2, 0.25) is 0 Å². The van der Waals surface area contributed by atoms with Crippen molar-refractivity contribution in [2.45, 2.75) is 0 Å². The van der Waals surface area contributed by atoms with Crippen LogP contribution in [0.5, 0.6) is 5.75 Å². The molecule has 0 radical (unpaired) electrons. The summed E-state index contributed by atoms with van der Waals surface area (Å²) in [5.74, 6) is 0.731. The summed E-state index contributed by atoms with van der Waals surface area (Å²) in [5.41, 5.74) is 1.36. The van der Waals surface area contributed by atoms with Gasteiger partial charge in [0, 0.05) is 14.1 Å². The Kier molecular flexibility index (Phi) is 5.75. The van der Waals surface area contributed by atoms with E-state index in [0.29, 0.717) is 10.7 Å². The molecule has 1 aromatic heterocycles. The van der Waals surface area contributed by atoms with E-state index in [2.05, 4.69) is 0 Å². The molecule has 5 heteroatoms. The van der Waals surface area contributed by atoms with Crippen molar-refractivity contribution in [3.63, 3.8) is 0 Å². The largest absolute Gasteiger partial charge is 0.497 e. The number of ether oxygens (including phenoxy) is 1. The number of hydrogen-bond acceptors (Lipinski definition) is 3. The molecule has 0 saturated carbocycles. The number of hydrogen-bond donors (Lipinski definition) is 0. The van der Waals surface area contributed by atoms with Crippen molar-refractivity contribution in [3.8, 4) is 5.75 Å². The molecule has 28 heavy (non-hydrogen) atoms. The number of aromatic nitrogens is 2. The summed E-state index contributed by atoms with van der Waals surface area (Å²) in [6, 6.07) is 17.1. The van der Waals surface area contributed by atoms with E-state index in [1.807, 2.05) is 60.7 Å². The lowest BCUT2D eigenvalue weighted by Gasteiger charge is -2.05. The fourth-order valence-electron chi connectivity index (χ4n) is 2.86. The summed E-state index contributed by atoms with van der Waals surface area (Å²) in [7, 11) is 4.81. The predicted molar refractivity (Wildman–Crippen MR) is 113 cm³/mol. The minimum atomic E-state index is -0.239. The zero-order valence-corrected chi connectivity index (χ0v) is 16.1. The van der Waals surface area contributed by atoms with Crippen LogP contribution in [-0.2, 0) is 14.1 Å². The van der Waals surface area contributed by atoms with E-state index in [4.69, 9.17) is 4.74 Å². The van der Waals surface area contributed by atoms with Gasteiger partial charge in [0.05, 0.1) is 7.11 Å². The fourth-order valence-corrected chi connectivity index (χ4v) is 2.86. The first kappa shape index (κ1) is 19.2. The van der Waals surface area contributed by atoms with Crippen LogP contribution in [0.1, 0.15) is 11.1 Å². The van der Waals surface area contributed by atoms with Crippen molar-refractivity contribution in [2.24, 2.45) is 14.1 Å². The normalized spacial score (nSPS) is 12.7. The van der Waals surface area contributed by atoms with Crippen LogP contribution >= 0.6 is 0 Å². The molecule has 142 valence electrons. The molecule has 0 fully saturated rings. The van der Waals surface area contributed by atoms with Crippen molar-refractivity contribution < 1.29 is 4.74 Å². The number of rotatable bonds is 4. The van der Waals surface area contributed by atoms with Gasteiger partial charge in [-0.1, -0.05) is 54.6 Å². The van der Waals surface area contributed by atoms with Gasteiger partial charge in [-0.25, -0.2) is 0 Å². The number of methoxy groups -OCH3 is 1. The Morgan fingerprint density at radius 1 is 0.786 bits per heavy atom. The topological polar surface area (TPSA) is 53.2 Å². The van der Waals surface area contributed by atoms with Gasteiger partial charge in [0.25, 0.3) is 11.1 Å². The summed E-state index contributed by atoms with van der Waals surface area (Å²) < 4.78 is 7.91. The molecule has 0 saturated heterocycles. The second-order valence-corrected chi connectivity index (χ2v) is 6.35. The van der Waals surface area contributed by atoms with Gasteiger partial charge in [-0.15, -0.1) is 0 Å². The first-order valence-electron chi connectivity index (χ1n) is 8.86. The van der Waals surface area contributed by atoms with E-state index in [-0.39, 0.29) is 11.1 Å². The summed E-state index contributed by atoms with van der Waals surface area (Å²) in [6.07, 6.45) is 7.03. The highest BCUT2D eigenvalue weighted by Gasteiger charge is 2.05. The van der Waals surface area contributed by atoms with Crippen LogP contribution < -0.4 is 26.6 Å². The van der Waals surface area contributed by atoms with Crippen LogP contribution in [-0.4, -0.2) is 16.2 Å². The molecular weight excluding hydrogens is 352 g/mol. The zero-order valence-electron chi connectivity index (χ0n) is 16.1. The standard InChI is InChI=1S/C23H22N2O3/c1-24-20(11-7-10-17-8-5-4-6-9-17)22(26)25(2)21(23(24)27)16-18-12-14-19(28-3)15-13-18/h4-16H,1-3H3/b10-7+,20-11-,21-16-. The summed E-state index contributed by atoms with van der Waals surface area (Å²) in [5, 5.41) is 0.647. The number of allylic oxidation sites excluding steroid dienone is 1. The molecule has 3 aromatic rings. The van der Waals surface area contributed by atoms with E-state index in [1.54, 1.807) is 39.4 Å². The van der Waals surface area contributed by atoms with Crippen molar-refractivity contribution >= 4 is 18.2 Å². The lowest BCUT2D eigenvalue weighted by molar-refractivity contribution is 0.415. The average molecular weight is 374 g/mol. The van der Waals surface area contributed by atoms with Gasteiger partial charge in [0.2, 0.25) is 0 Å². The predicted octanol–water partition coefficient (Wildman–Crippen LogP) is 1.42. The van der Waals surface area contributed by atoms with Crippen molar-refractivity contribution in [2.75, 3.05) is 7.11 Å². The molecule has 2 aromatic carbocycles. The molecule has 0 spiro atoms. The molecule has 0 bridgehead atoms. The maximum atomic E-state index is 12.8. The van der Waals surface area contributed by atoms with Crippen molar-refractivity contribution in [1.82, 2.24) is 9.13 Å². The summed E-state index contributed by atoms with van der Waals surface area (Å²) in [6.45, 7) is 0. The molecule has 0 aliphatic rings. The van der Waals surface area contributed by atoms with Gasteiger partial charge in [-0.2, -0.15) is 0 Å². The quantitative estimate of drug-likeness (QED) is 0.694. The van der Waals surface area contributed by atoms with E-state index in [1.165, 1.54) is 9.13 Å². The Balaban J connectivity index is 2.10. The SMILES string of the molecule is COc1ccc(/C=c2/c(=O)n(C)/c(=C\C=C\c3ccccc3)c(=O)n2C)cc1. The highest BCUT2D eigenvalue weighted by atomic mass is 16.5. The monoisotopic (exact) mass is 374 g/mol. The fraction of sp³-hybridized carbons (Fsp3) is 0.130. The minimum absolute atomic E-state index is 0.237. The second kappa shape index (κ2) is 8.39. The molecule has 3 rings (SSSR count). The molecule has 0 amide bonds. The molecule has 0 N–H and O–H groups in total. The third-order valence-corrected chi connectivity index (χ3v) is 4.53. The Hall–Kier alpha value is -3.60. The maximum absolute atomic E-state index is 12.8. The average Bonchev–Trinajstić information content (AvgIpc) is 2.73. The molecule has 0 unspecified atom stereocenters. The third kappa shape index (κ3) is 4.04. The first-order chi connectivity index (χ1) is 13.5. The molecule has 5 nitrogen and oxygen atoms in total. The summed E-state index contributed by atoms with van der Waals surface area (Å²) in [4.78, 5) is 25.6. The first-order valence-corrected chi connectivity index (χ1v) is 8.86. The van der Waals surface area contributed by atoms with E-state index < -0.39 is 0 Å². The molecular formula is C23H22N2O3. The van der Waals surface area contributed by atoms with Gasteiger partial charge in [0.1, 0.15) is 16.4 Å². The molecule has 0 aliphatic heterocycles. The Morgan fingerprint density at radius 2 is 1.39 bits per heavy atom. The maximum Gasteiger partial charge on any atom is 0.274 e. The Labute approximate surface area is 162 Å². The summed E-state index contributed by atoms with van der Waals surface area (Å²) >= 11 is 0. The second-order valence-electron chi connectivity index (χ2n) is 6.35. The lowest BCUT2D eigenvalue weighted by Crippen LogP contribution is -2.56. The van der Waals surface area contributed by atoms with Crippen LogP contribution in [0.3, 0.4) is 0 Å². The van der Waals surface area contributed by atoms with Gasteiger partial charge in [0.15, 0.2) is 0 Å². The minimum Gasteiger partial charge on any atom is -0.497 e. The van der Waals surface area contributed by atoms with Crippen molar-refractivity contribution in [3.05, 3.63) is 103 Å². The smallest absolute Gasteiger partial charge is 0.274 e. The number of nitrogens with zero attached hydrogens (tertiary/aromatic N) is 2. The highest BCUT2D eigenvalue weighted by Crippen LogP contribution is 2.11. The Bertz CT molecular complexity index is 1230. The number of benzene rings is 2. The highest BCUT2D eigenvalue weighted by molar-refractivity contribution is 5.57. The van der Waals surface area contributed by atoms with Crippen LogP contribution in [0.25, 0.3) is 18.2 Å². The van der Waals surface area contributed by atoms with Gasteiger partial charge < -0.3 is 13.9 Å². The van der Waals surface area contributed by atoms with Crippen molar-refractivity contribution in [1.29, 1.82) is 0 Å². The van der Waals surface area contributed by atoms with Gasteiger partial charge >= 0.3 is 0 Å². The third-order valence-electron chi connectivity index (χ3n) is 4.53.